The first-order chi connectivity index (χ1) is 7.65. The molecule has 1 saturated heterocycles. The molecule has 2 aliphatic rings. The molecule has 0 amide bonds. The van der Waals surface area contributed by atoms with Crippen molar-refractivity contribution in [1.29, 1.82) is 0 Å². The summed E-state index contributed by atoms with van der Waals surface area (Å²) in [6.07, 6.45) is 5.53. The van der Waals surface area contributed by atoms with Crippen molar-refractivity contribution in [1.82, 2.24) is 4.90 Å². The second-order valence-corrected chi connectivity index (χ2v) is 5.59. The standard InChI is InChI=1S/C13H25NO2/c1-10-7-14(8-11(2)16-10)9-13(15)12-5-3-4-6-12/h10-13,15H,3-9H2,1-2H3/t10-,11+,13?. The summed E-state index contributed by atoms with van der Waals surface area (Å²) in [5, 5.41) is 10.2. The number of aliphatic hydroxyl groups is 1. The summed E-state index contributed by atoms with van der Waals surface area (Å²) in [5.41, 5.74) is 0. The molecule has 0 spiro atoms. The fraction of sp³-hybridized carbons (Fsp3) is 1.00. The Morgan fingerprint density at radius 3 is 2.31 bits per heavy atom. The molecule has 94 valence electrons. The number of hydrogen-bond donors (Lipinski definition) is 1. The Hall–Kier alpha value is -0.120. The van der Waals surface area contributed by atoms with E-state index in [1.54, 1.807) is 0 Å². The van der Waals surface area contributed by atoms with Crippen LogP contribution in [0.15, 0.2) is 0 Å². The average molecular weight is 227 g/mol. The maximum atomic E-state index is 10.2. The van der Waals surface area contributed by atoms with Crippen molar-refractivity contribution in [3.8, 4) is 0 Å². The summed E-state index contributed by atoms with van der Waals surface area (Å²) >= 11 is 0. The molecule has 1 N–H and O–H groups in total. The first-order valence-corrected chi connectivity index (χ1v) is 6.71. The van der Waals surface area contributed by atoms with Crippen LogP contribution < -0.4 is 0 Å². The molecule has 2 rings (SSSR count). The summed E-state index contributed by atoms with van der Waals surface area (Å²) in [6, 6.07) is 0. The third-order valence-electron chi connectivity index (χ3n) is 3.88. The lowest BCUT2D eigenvalue weighted by Crippen LogP contribution is -2.48. The lowest BCUT2D eigenvalue weighted by Gasteiger charge is -2.37. The predicted octanol–water partition coefficient (Wildman–Crippen LogP) is 1.65. The van der Waals surface area contributed by atoms with Crippen molar-refractivity contribution in [3.63, 3.8) is 0 Å². The van der Waals surface area contributed by atoms with Crippen LogP contribution in [0.25, 0.3) is 0 Å². The maximum absolute atomic E-state index is 10.2. The molecule has 3 nitrogen and oxygen atoms in total. The van der Waals surface area contributed by atoms with Gasteiger partial charge in [0.25, 0.3) is 0 Å². The quantitative estimate of drug-likeness (QED) is 0.795. The minimum absolute atomic E-state index is 0.125. The van der Waals surface area contributed by atoms with Crippen molar-refractivity contribution in [2.24, 2.45) is 5.92 Å². The first kappa shape index (κ1) is 12.3. The highest BCUT2D eigenvalue weighted by molar-refractivity contribution is 4.80. The summed E-state index contributed by atoms with van der Waals surface area (Å²) in [4.78, 5) is 2.36. The van der Waals surface area contributed by atoms with E-state index in [2.05, 4.69) is 18.7 Å². The zero-order valence-corrected chi connectivity index (χ0v) is 10.6. The Morgan fingerprint density at radius 2 is 1.75 bits per heavy atom. The molecule has 0 aromatic heterocycles. The number of aliphatic hydroxyl groups excluding tert-OH is 1. The van der Waals surface area contributed by atoms with Gasteiger partial charge in [-0.25, -0.2) is 0 Å². The van der Waals surface area contributed by atoms with Gasteiger partial charge >= 0.3 is 0 Å². The highest BCUT2D eigenvalue weighted by atomic mass is 16.5. The van der Waals surface area contributed by atoms with E-state index in [-0.39, 0.29) is 6.10 Å². The van der Waals surface area contributed by atoms with Gasteiger partial charge in [0.15, 0.2) is 0 Å². The molecular formula is C13H25NO2. The highest BCUT2D eigenvalue weighted by Crippen LogP contribution is 2.28. The van der Waals surface area contributed by atoms with Gasteiger partial charge in [0, 0.05) is 19.6 Å². The van der Waals surface area contributed by atoms with Crippen molar-refractivity contribution >= 4 is 0 Å². The number of rotatable bonds is 3. The lowest BCUT2D eigenvalue weighted by molar-refractivity contribution is -0.0801. The van der Waals surface area contributed by atoms with E-state index in [0.29, 0.717) is 18.1 Å². The van der Waals surface area contributed by atoms with Gasteiger partial charge in [-0.3, -0.25) is 4.90 Å². The average Bonchev–Trinajstić information content (AvgIpc) is 2.68. The number of ether oxygens (including phenoxy) is 1. The molecule has 3 atom stereocenters. The van der Waals surface area contributed by atoms with Crippen molar-refractivity contribution in [3.05, 3.63) is 0 Å². The van der Waals surface area contributed by atoms with Crippen LogP contribution in [-0.4, -0.2) is 48.0 Å². The third-order valence-corrected chi connectivity index (χ3v) is 3.88. The summed E-state index contributed by atoms with van der Waals surface area (Å²) in [5.74, 6) is 0.549. The summed E-state index contributed by atoms with van der Waals surface area (Å²) in [7, 11) is 0. The highest BCUT2D eigenvalue weighted by Gasteiger charge is 2.28. The predicted molar refractivity (Wildman–Crippen MR) is 64.4 cm³/mol. The number of hydrogen-bond acceptors (Lipinski definition) is 3. The molecule has 2 fully saturated rings. The maximum Gasteiger partial charge on any atom is 0.0695 e. The molecule has 0 radical (unpaired) electrons. The Balaban J connectivity index is 1.79. The van der Waals surface area contributed by atoms with Gasteiger partial charge < -0.3 is 9.84 Å². The molecule has 1 saturated carbocycles. The summed E-state index contributed by atoms with van der Waals surface area (Å²) < 4.78 is 5.70. The van der Waals surface area contributed by atoms with Crippen molar-refractivity contribution in [2.45, 2.75) is 57.8 Å². The van der Waals surface area contributed by atoms with Crippen LogP contribution in [0.4, 0.5) is 0 Å². The van der Waals surface area contributed by atoms with Crippen molar-refractivity contribution < 1.29 is 9.84 Å². The zero-order valence-electron chi connectivity index (χ0n) is 10.6. The Bertz CT molecular complexity index is 206. The molecular weight excluding hydrogens is 202 g/mol. The molecule has 1 aliphatic heterocycles. The van der Waals surface area contributed by atoms with Gasteiger partial charge in [0.2, 0.25) is 0 Å². The molecule has 1 heterocycles. The van der Waals surface area contributed by atoms with Gasteiger partial charge in [0.1, 0.15) is 0 Å². The van der Waals surface area contributed by atoms with Crippen LogP contribution in [0.3, 0.4) is 0 Å². The zero-order chi connectivity index (χ0) is 11.5. The van der Waals surface area contributed by atoms with Gasteiger partial charge in [-0.1, -0.05) is 12.8 Å². The van der Waals surface area contributed by atoms with Crippen LogP contribution in [0, 0.1) is 5.92 Å². The van der Waals surface area contributed by atoms with Crippen molar-refractivity contribution in [2.75, 3.05) is 19.6 Å². The van der Waals surface area contributed by atoms with E-state index < -0.39 is 0 Å². The fourth-order valence-electron chi connectivity index (χ4n) is 3.19. The van der Waals surface area contributed by atoms with E-state index in [9.17, 15) is 5.11 Å². The second kappa shape index (κ2) is 5.48. The lowest BCUT2D eigenvalue weighted by atomic mass is 10.00. The molecule has 0 bridgehead atoms. The van der Waals surface area contributed by atoms with Gasteiger partial charge in [-0.2, -0.15) is 0 Å². The monoisotopic (exact) mass is 227 g/mol. The number of morpholine rings is 1. The molecule has 1 unspecified atom stereocenters. The normalized spacial score (nSPS) is 35.4. The van der Waals surface area contributed by atoms with E-state index in [4.69, 9.17) is 4.74 Å². The minimum Gasteiger partial charge on any atom is -0.392 e. The van der Waals surface area contributed by atoms with Crippen LogP contribution in [0.2, 0.25) is 0 Å². The molecule has 16 heavy (non-hydrogen) atoms. The van der Waals surface area contributed by atoms with E-state index in [0.717, 1.165) is 19.6 Å². The Labute approximate surface area is 98.8 Å². The van der Waals surface area contributed by atoms with Crippen LogP contribution in [0.1, 0.15) is 39.5 Å². The number of nitrogens with zero attached hydrogens (tertiary/aromatic N) is 1. The summed E-state index contributed by atoms with van der Waals surface area (Å²) in [6.45, 7) is 7.00. The van der Waals surface area contributed by atoms with Gasteiger partial charge in [0.05, 0.1) is 18.3 Å². The smallest absolute Gasteiger partial charge is 0.0695 e. The molecule has 3 heteroatoms. The molecule has 1 aliphatic carbocycles. The van der Waals surface area contributed by atoms with E-state index in [1.165, 1.54) is 25.7 Å². The Morgan fingerprint density at radius 1 is 1.19 bits per heavy atom. The molecule has 0 aromatic carbocycles. The minimum atomic E-state index is -0.125. The second-order valence-electron chi connectivity index (χ2n) is 5.59. The van der Waals surface area contributed by atoms with Crippen LogP contribution in [-0.2, 0) is 4.74 Å². The van der Waals surface area contributed by atoms with Crippen LogP contribution >= 0.6 is 0 Å². The van der Waals surface area contributed by atoms with Gasteiger partial charge in [-0.15, -0.1) is 0 Å². The largest absolute Gasteiger partial charge is 0.392 e. The third kappa shape index (κ3) is 3.19. The van der Waals surface area contributed by atoms with Crippen LogP contribution in [0.5, 0.6) is 0 Å². The fourth-order valence-corrected chi connectivity index (χ4v) is 3.19. The molecule has 0 aromatic rings. The number of β-amino-alcohol motifs (C(OH)–C–C–N with tert-alkyl or cyclic N) is 1. The SMILES string of the molecule is C[C@@H]1CN(CC(O)C2CCCC2)C[C@H](C)O1. The van der Waals surface area contributed by atoms with E-state index >= 15 is 0 Å². The van der Waals surface area contributed by atoms with E-state index in [1.807, 2.05) is 0 Å². The first-order valence-electron chi connectivity index (χ1n) is 6.71. The van der Waals surface area contributed by atoms with Gasteiger partial charge in [-0.05, 0) is 32.6 Å². The Kier molecular flexibility index (Phi) is 4.22. The topological polar surface area (TPSA) is 32.7 Å².